The molecule has 188 valence electrons. The Labute approximate surface area is 216 Å². The highest BCUT2D eigenvalue weighted by Gasteiger charge is 2.24. The monoisotopic (exact) mass is 524 g/mol. The number of ether oxygens (including phenoxy) is 1. The minimum atomic E-state index is -3.20. The Balaban J connectivity index is 1.32. The first-order chi connectivity index (χ1) is 17.3. The summed E-state index contributed by atoms with van der Waals surface area (Å²) in [6, 6.07) is 24.3. The van der Waals surface area contributed by atoms with Crippen molar-refractivity contribution >= 4 is 44.6 Å². The van der Waals surface area contributed by atoms with Crippen molar-refractivity contribution < 1.29 is 17.9 Å². The van der Waals surface area contributed by atoms with Crippen molar-refractivity contribution in [3.63, 3.8) is 0 Å². The smallest absolute Gasteiger partial charge is 0.257 e. The maximum atomic E-state index is 12.7. The SMILES string of the molecule is CS(=O)(=O)N1CCN(c2ccccc2NC(=S)NC(=O)c2ccc(OCc3ccccc3)cc2)CC1. The average Bonchev–Trinajstić information content (AvgIpc) is 2.88. The fourth-order valence-corrected chi connectivity index (χ4v) is 4.92. The predicted molar refractivity (Wildman–Crippen MR) is 146 cm³/mol. The van der Waals surface area contributed by atoms with Crippen molar-refractivity contribution in [2.24, 2.45) is 0 Å². The molecular formula is C26H28N4O4S2. The molecule has 1 heterocycles. The van der Waals surface area contributed by atoms with Crippen LogP contribution in [0, 0.1) is 0 Å². The Bertz CT molecular complexity index is 1310. The highest BCUT2D eigenvalue weighted by Crippen LogP contribution is 2.27. The first kappa shape index (κ1) is 25.6. The number of nitrogens with zero attached hydrogens (tertiary/aromatic N) is 2. The number of para-hydroxylation sites is 2. The van der Waals surface area contributed by atoms with E-state index in [4.69, 9.17) is 17.0 Å². The van der Waals surface area contributed by atoms with Crippen LogP contribution in [0.5, 0.6) is 5.75 Å². The lowest BCUT2D eigenvalue weighted by Gasteiger charge is -2.35. The second-order valence-electron chi connectivity index (χ2n) is 8.37. The van der Waals surface area contributed by atoms with E-state index in [1.54, 1.807) is 24.3 Å². The number of benzene rings is 3. The van der Waals surface area contributed by atoms with Crippen LogP contribution in [-0.4, -0.2) is 56.2 Å². The van der Waals surface area contributed by atoms with E-state index >= 15 is 0 Å². The number of nitrogens with one attached hydrogen (secondary N) is 2. The molecule has 8 nitrogen and oxygen atoms in total. The third-order valence-electron chi connectivity index (χ3n) is 5.79. The Hall–Kier alpha value is -3.47. The molecule has 0 atom stereocenters. The van der Waals surface area contributed by atoms with Gasteiger partial charge in [0.05, 0.1) is 17.6 Å². The molecule has 4 rings (SSSR count). The van der Waals surface area contributed by atoms with Crippen molar-refractivity contribution in [3.8, 4) is 5.75 Å². The molecule has 0 spiro atoms. The van der Waals surface area contributed by atoms with E-state index in [-0.39, 0.29) is 11.0 Å². The normalized spacial score (nSPS) is 14.2. The second kappa shape index (κ2) is 11.5. The topological polar surface area (TPSA) is 91.0 Å². The molecule has 0 unspecified atom stereocenters. The lowest BCUT2D eigenvalue weighted by atomic mass is 10.2. The molecule has 1 aliphatic rings. The Morgan fingerprint density at radius 2 is 1.56 bits per heavy atom. The minimum Gasteiger partial charge on any atom is -0.489 e. The summed E-state index contributed by atoms with van der Waals surface area (Å²) < 4.78 is 30.9. The second-order valence-corrected chi connectivity index (χ2v) is 10.8. The maximum absolute atomic E-state index is 12.7. The van der Waals surface area contributed by atoms with E-state index in [9.17, 15) is 13.2 Å². The number of thiocarbonyl (C=S) groups is 1. The summed E-state index contributed by atoms with van der Waals surface area (Å²) in [5.74, 6) is 0.336. The quantitative estimate of drug-likeness (QED) is 0.458. The van der Waals surface area contributed by atoms with Crippen LogP contribution in [-0.2, 0) is 16.6 Å². The van der Waals surface area contributed by atoms with Crippen LogP contribution in [0.15, 0.2) is 78.9 Å². The number of hydrogen-bond donors (Lipinski definition) is 2. The van der Waals surface area contributed by atoms with Crippen molar-refractivity contribution in [3.05, 3.63) is 90.0 Å². The van der Waals surface area contributed by atoms with Crippen molar-refractivity contribution in [2.45, 2.75) is 6.61 Å². The summed E-state index contributed by atoms with van der Waals surface area (Å²) >= 11 is 5.39. The molecular weight excluding hydrogens is 496 g/mol. The number of amides is 1. The highest BCUT2D eigenvalue weighted by atomic mass is 32.2. The zero-order chi connectivity index (χ0) is 25.5. The van der Waals surface area contributed by atoms with Gasteiger partial charge in [0, 0.05) is 31.7 Å². The van der Waals surface area contributed by atoms with Gasteiger partial charge in [0.25, 0.3) is 5.91 Å². The molecule has 10 heteroatoms. The number of sulfonamides is 1. The van der Waals surface area contributed by atoms with Crippen LogP contribution in [0.2, 0.25) is 0 Å². The van der Waals surface area contributed by atoms with Gasteiger partial charge in [0.1, 0.15) is 12.4 Å². The van der Waals surface area contributed by atoms with Crippen LogP contribution in [0.1, 0.15) is 15.9 Å². The minimum absolute atomic E-state index is 0.173. The Kier molecular flexibility index (Phi) is 8.19. The maximum Gasteiger partial charge on any atom is 0.257 e. The standard InChI is InChI=1S/C26H28N4O4S2/c1-36(32,33)30-17-15-29(16-18-30)24-10-6-5-9-23(24)27-26(35)28-25(31)21-11-13-22(14-12-21)34-19-20-7-3-2-4-8-20/h2-14H,15-19H2,1H3,(H2,27,28,31,35). The van der Waals surface area contributed by atoms with Crippen LogP contribution in [0.25, 0.3) is 0 Å². The molecule has 1 saturated heterocycles. The van der Waals surface area contributed by atoms with Crippen molar-refractivity contribution in [2.75, 3.05) is 42.7 Å². The van der Waals surface area contributed by atoms with E-state index in [1.165, 1.54) is 10.6 Å². The Morgan fingerprint density at radius 1 is 0.917 bits per heavy atom. The number of carbonyl (C=O) groups excluding carboxylic acids is 1. The van der Waals surface area contributed by atoms with E-state index in [0.29, 0.717) is 44.1 Å². The van der Waals surface area contributed by atoms with Gasteiger partial charge in [-0.15, -0.1) is 0 Å². The highest BCUT2D eigenvalue weighted by molar-refractivity contribution is 7.88. The third kappa shape index (κ3) is 6.81. The summed E-state index contributed by atoms with van der Waals surface area (Å²) in [5.41, 5.74) is 3.15. The van der Waals surface area contributed by atoms with E-state index in [0.717, 1.165) is 16.9 Å². The average molecular weight is 525 g/mol. The van der Waals surface area contributed by atoms with Crippen LogP contribution in [0.4, 0.5) is 11.4 Å². The van der Waals surface area contributed by atoms with Crippen LogP contribution >= 0.6 is 12.2 Å². The molecule has 3 aromatic carbocycles. The number of anilines is 2. The van der Waals surface area contributed by atoms with Crippen molar-refractivity contribution in [1.82, 2.24) is 9.62 Å². The van der Waals surface area contributed by atoms with E-state index in [2.05, 4.69) is 15.5 Å². The third-order valence-corrected chi connectivity index (χ3v) is 7.30. The van der Waals surface area contributed by atoms with Gasteiger partial charge < -0.3 is 15.0 Å². The molecule has 0 aliphatic carbocycles. The van der Waals surface area contributed by atoms with Gasteiger partial charge >= 0.3 is 0 Å². The summed E-state index contributed by atoms with van der Waals surface area (Å²) in [4.78, 5) is 14.8. The van der Waals surface area contributed by atoms with Gasteiger partial charge in [0.2, 0.25) is 10.0 Å². The summed E-state index contributed by atoms with van der Waals surface area (Å²) in [6.07, 6.45) is 1.23. The molecule has 0 radical (unpaired) electrons. The fourth-order valence-electron chi connectivity index (χ4n) is 3.89. The summed E-state index contributed by atoms with van der Waals surface area (Å²) in [5, 5.41) is 5.99. The lowest BCUT2D eigenvalue weighted by molar-refractivity contribution is 0.0977. The fraction of sp³-hybridized carbons (Fsp3) is 0.231. The van der Waals surface area contributed by atoms with E-state index < -0.39 is 10.0 Å². The van der Waals surface area contributed by atoms with Crippen molar-refractivity contribution in [1.29, 1.82) is 0 Å². The molecule has 3 aromatic rings. The first-order valence-corrected chi connectivity index (χ1v) is 13.7. The molecule has 1 amide bonds. The summed E-state index contributed by atoms with van der Waals surface area (Å²) in [7, 11) is -3.20. The predicted octanol–water partition coefficient (Wildman–Crippen LogP) is 3.47. The molecule has 1 aliphatic heterocycles. The van der Waals surface area contributed by atoms with Crippen LogP contribution in [0.3, 0.4) is 0 Å². The zero-order valence-electron chi connectivity index (χ0n) is 19.9. The number of hydrogen-bond acceptors (Lipinski definition) is 6. The molecule has 0 aromatic heterocycles. The van der Waals surface area contributed by atoms with E-state index in [1.807, 2.05) is 54.6 Å². The van der Waals surface area contributed by atoms with Gasteiger partial charge in [0.15, 0.2) is 5.11 Å². The number of rotatable bonds is 7. The van der Waals surface area contributed by atoms with Gasteiger partial charge in [-0.3, -0.25) is 10.1 Å². The molecule has 1 fully saturated rings. The zero-order valence-corrected chi connectivity index (χ0v) is 21.5. The molecule has 2 N–H and O–H groups in total. The molecule has 0 bridgehead atoms. The summed E-state index contributed by atoms with van der Waals surface area (Å²) in [6.45, 7) is 2.40. The molecule has 0 saturated carbocycles. The Morgan fingerprint density at radius 3 is 2.22 bits per heavy atom. The van der Waals surface area contributed by atoms with Gasteiger partial charge in [-0.25, -0.2) is 8.42 Å². The first-order valence-electron chi connectivity index (χ1n) is 11.5. The van der Waals surface area contributed by atoms with Gasteiger partial charge in [-0.1, -0.05) is 42.5 Å². The number of piperazine rings is 1. The molecule has 36 heavy (non-hydrogen) atoms. The van der Waals surface area contributed by atoms with Crippen LogP contribution < -0.4 is 20.3 Å². The van der Waals surface area contributed by atoms with Gasteiger partial charge in [-0.2, -0.15) is 4.31 Å². The van der Waals surface area contributed by atoms with Gasteiger partial charge in [-0.05, 0) is 54.2 Å². The largest absolute Gasteiger partial charge is 0.489 e. The number of carbonyl (C=O) groups is 1. The lowest BCUT2D eigenvalue weighted by Crippen LogP contribution is -2.48.